The molecule has 2 atom stereocenters. The van der Waals surface area contributed by atoms with Crippen molar-refractivity contribution in [3.8, 4) is 0 Å². The van der Waals surface area contributed by atoms with Gasteiger partial charge in [-0.25, -0.2) is 31.1 Å². The molecule has 11 heteroatoms. The van der Waals surface area contributed by atoms with Crippen molar-refractivity contribution >= 4 is 26.1 Å². The van der Waals surface area contributed by atoms with Crippen LogP contribution in [-0.4, -0.2) is 58.6 Å². The van der Waals surface area contributed by atoms with Crippen LogP contribution in [0.15, 0.2) is 58.3 Å². The molecule has 34 heavy (non-hydrogen) atoms. The van der Waals surface area contributed by atoms with Gasteiger partial charge in [0.1, 0.15) is 5.60 Å². The molecule has 0 unspecified atom stereocenters. The highest BCUT2D eigenvalue weighted by atomic mass is 32.2. The molecule has 1 saturated heterocycles. The molecule has 1 fully saturated rings. The van der Waals surface area contributed by atoms with Crippen LogP contribution in [0.4, 0.5) is 4.79 Å². The summed E-state index contributed by atoms with van der Waals surface area (Å²) in [5.74, 6) is 0. The lowest BCUT2D eigenvalue weighted by Gasteiger charge is -2.24. The third-order valence-electron chi connectivity index (χ3n) is 5.35. The number of carbonyl (C=O) groups excluding carboxylic acids is 1. The van der Waals surface area contributed by atoms with Crippen LogP contribution < -0.4 is 9.44 Å². The first-order valence-electron chi connectivity index (χ1n) is 10.8. The van der Waals surface area contributed by atoms with E-state index in [0.717, 1.165) is 0 Å². The first kappa shape index (κ1) is 26.1. The lowest BCUT2D eigenvalue weighted by molar-refractivity contribution is 0.0289. The molecule has 0 spiro atoms. The van der Waals surface area contributed by atoms with Crippen molar-refractivity contribution in [1.82, 2.24) is 14.3 Å². The molecule has 0 bridgehead atoms. The van der Waals surface area contributed by atoms with Crippen LogP contribution in [0.1, 0.15) is 31.9 Å². The van der Waals surface area contributed by atoms with Gasteiger partial charge in [0.25, 0.3) is 0 Å². The molecule has 2 N–H and O–H groups in total. The molecule has 186 valence electrons. The molecule has 9 nitrogen and oxygen atoms in total. The molecule has 1 amide bonds. The Labute approximate surface area is 201 Å². The average molecular weight is 510 g/mol. The van der Waals surface area contributed by atoms with E-state index in [-0.39, 0.29) is 22.9 Å². The predicted molar refractivity (Wildman–Crippen MR) is 128 cm³/mol. The fourth-order valence-corrected chi connectivity index (χ4v) is 6.79. The van der Waals surface area contributed by atoms with Crippen molar-refractivity contribution < 1.29 is 26.4 Å². The molecular formula is C23H31N3O6S2. The van der Waals surface area contributed by atoms with E-state index in [1.807, 2.05) is 0 Å². The summed E-state index contributed by atoms with van der Waals surface area (Å²) in [6.07, 6.45) is -0.648. The minimum atomic E-state index is -3.98. The smallest absolute Gasteiger partial charge is 0.410 e. The number of likely N-dealkylation sites (tertiary alicyclic amines) is 1. The zero-order valence-electron chi connectivity index (χ0n) is 19.9. The molecule has 1 heterocycles. The summed E-state index contributed by atoms with van der Waals surface area (Å²) in [6.45, 7) is 8.40. The summed E-state index contributed by atoms with van der Waals surface area (Å²) >= 11 is 0. The number of nitrogens with zero attached hydrogens (tertiary/aromatic N) is 1. The van der Waals surface area contributed by atoms with Gasteiger partial charge in [-0.15, -0.1) is 0 Å². The molecule has 3 rings (SSSR count). The lowest BCUT2D eigenvalue weighted by Crippen LogP contribution is -2.50. The van der Waals surface area contributed by atoms with Crippen LogP contribution in [0.25, 0.3) is 0 Å². The summed E-state index contributed by atoms with van der Waals surface area (Å²) in [5, 5.41) is 0. The highest BCUT2D eigenvalue weighted by Crippen LogP contribution is 2.22. The van der Waals surface area contributed by atoms with E-state index >= 15 is 0 Å². The zero-order valence-corrected chi connectivity index (χ0v) is 21.5. The van der Waals surface area contributed by atoms with Crippen LogP contribution in [0.5, 0.6) is 0 Å². The minimum Gasteiger partial charge on any atom is -0.444 e. The Kier molecular flexibility index (Phi) is 7.42. The Balaban J connectivity index is 1.91. The maximum atomic E-state index is 13.1. The van der Waals surface area contributed by atoms with Gasteiger partial charge < -0.3 is 9.64 Å². The third kappa shape index (κ3) is 6.15. The van der Waals surface area contributed by atoms with Crippen molar-refractivity contribution in [1.29, 1.82) is 0 Å². The van der Waals surface area contributed by atoms with Gasteiger partial charge in [-0.3, -0.25) is 0 Å². The van der Waals surface area contributed by atoms with Gasteiger partial charge in [0, 0.05) is 13.1 Å². The van der Waals surface area contributed by atoms with Crippen molar-refractivity contribution in [3.63, 3.8) is 0 Å². The van der Waals surface area contributed by atoms with Crippen molar-refractivity contribution in [3.05, 3.63) is 59.7 Å². The third-order valence-corrected chi connectivity index (χ3v) is 8.65. The number of sulfonamides is 2. The topological polar surface area (TPSA) is 122 Å². The van der Waals surface area contributed by atoms with Crippen molar-refractivity contribution in [2.75, 3.05) is 13.1 Å². The summed E-state index contributed by atoms with van der Waals surface area (Å²) in [4.78, 5) is 14.2. The molecule has 1 aliphatic heterocycles. The Bertz CT molecular complexity index is 1180. The second-order valence-corrected chi connectivity index (χ2v) is 12.7. The molecular weight excluding hydrogens is 478 g/mol. The van der Waals surface area contributed by atoms with Crippen LogP contribution in [0.3, 0.4) is 0 Å². The summed E-state index contributed by atoms with van der Waals surface area (Å²) in [5.41, 5.74) is 0.342. The second kappa shape index (κ2) is 9.65. The van der Waals surface area contributed by atoms with Gasteiger partial charge >= 0.3 is 6.09 Å². The lowest BCUT2D eigenvalue weighted by atomic mass is 10.2. The number of rotatable bonds is 6. The standard InChI is InChI=1S/C23H31N3O6S2/c1-16-10-6-8-12-20(16)33(28,29)24-18-14-26(22(27)32-23(3,4)5)15-19(18)25-34(30,31)21-13-9-7-11-17(21)2/h6-13,18-19,24-25H,14-15H2,1-5H3/t18-,19-/m0/s1. The van der Waals surface area contributed by atoms with Crippen LogP contribution >= 0.6 is 0 Å². The predicted octanol–water partition coefficient (Wildman–Crippen LogP) is 2.55. The fourth-order valence-electron chi connectivity index (χ4n) is 3.76. The number of carbonyl (C=O) groups is 1. The van der Waals surface area contributed by atoms with E-state index in [9.17, 15) is 21.6 Å². The number of benzene rings is 2. The number of amides is 1. The van der Waals surface area contributed by atoms with Crippen molar-refractivity contribution in [2.45, 2.75) is 62.1 Å². The van der Waals surface area contributed by atoms with E-state index in [1.165, 1.54) is 17.0 Å². The molecule has 0 radical (unpaired) electrons. The highest BCUT2D eigenvalue weighted by Gasteiger charge is 2.41. The molecule has 0 aromatic heterocycles. The van der Waals surface area contributed by atoms with Gasteiger partial charge in [-0.1, -0.05) is 36.4 Å². The maximum Gasteiger partial charge on any atom is 0.410 e. The number of nitrogens with one attached hydrogen (secondary N) is 2. The summed E-state index contributed by atoms with van der Waals surface area (Å²) < 4.78 is 63.1. The second-order valence-electron chi connectivity index (χ2n) is 9.37. The number of aryl methyl sites for hydroxylation is 2. The largest absolute Gasteiger partial charge is 0.444 e. The fraction of sp³-hybridized carbons (Fsp3) is 0.435. The van der Waals surface area contributed by atoms with Crippen molar-refractivity contribution in [2.24, 2.45) is 0 Å². The van der Waals surface area contributed by atoms with E-state index in [1.54, 1.807) is 71.0 Å². The zero-order chi connectivity index (χ0) is 25.3. The average Bonchev–Trinajstić information content (AvgIpc) is 3.08. The van der Waals surface area contributed by atoms with E-state index in [0.29, 0.717) is 11.1 Å². The molecule has 0 saturated carbocycles. The number of hydrogen-bond donors (Lipinski definition) is 2. The van der Waals surface area contributed by atoms with Gasteiger partial charge in [-0.2, -0.15) is 0 Å². The minimum absolute atomic E-state index is 0.0546. The number of ether oxygens (including phenoxy) is 1. The Morgan fingerprint density at radius 2 is 1.21 bits per heavy atom. The van der Waals surface area contributed by atoms with Gasteiger partial charge in [-0.05, 0) is 57.9 Å². The number of hydrogen-bond acceptors (Lipinski definition) is 6. The maximum absolute atomic E-state index is 13.1. The summed E-state index contributed by atoms with van der Waals surface area (Å²) in [7, 11) is -7.97. The normalized spacial score (nSPS) is 19.3. The Morgan fingerprint density at radius 1 is 0.824 bits per heavy atom. The Morgan fingerprint density at radius 3 is 1.56 bits per heavy atom. The first-order valence-corrected chi connectivity index (χ1v) is 13.8. The van der Waals surface area contributed by atoms with E-state index < -0.39 is 43.8 Å². The van der Waals surface area contributed by atoms with Crippen LogP contribution in [0, 0.1) is 13.8 Å². The Hall–Kier alpha value is -2.47. The SMILES string of the molecule is Cc1ccccc1S(=O)(=O)N[C@H]1CN(C(=O)OC(C)(C)C)C[C@@H]1NS(=O)(=O)c1ccccc1C. The van der Waals surface area contributed by atoms with Crippen LogP contribution in [-0.2, 0) is 24.8 Å². The van der Waals surface area contributed by atoms with E-state index in [2.05, 4.69) is 9.44 Å². The van der Waals surface area contributed by atoms with E-state index in [4.69, 9.17) is 4.74 Å². The van der Waals surface area contributed by atoms with Gasteiger partial charge in [0.15, 0.2) is 0 Å². The molecule has 1 aliphatic rings. The van der Waals surface area contributed by atoms with Crippen LogP contribution in [0.2, 0.25) is 0 Å². The quantitative estimate of drug-likeness (QED) is 0.617. The van der Waals surface area contributed by atoms with Gasteiger partial charge in [0.2, 0.25) is 20.0 Å². The monoisotopic (exact) mass is 509 g/mol. The molecule has 0 aliphatic carbocycles. The summed E-state index contributed by atoms with van der Waals surface area (Å²) in [6, 6.07) is 11.2. The molecule has 2 aromatic rings. The van der Waals surface area contributed by atoms with Gasteiger partial charge in [0.05, 0.1) is 21.9 Å². The first-order chi connectivity index (χ1) is 15.7. The highest BCUT2D eigenvalue weighted by molar-refractivity contribution is 7.90. The molecule has 2 aromatic carbocycles.